The van der Waals surface area contributed by atoms with Gasteiger partial charge in [0.25, 0.3) is 0 Å². The normalized spacial score (nSPS) is 10.8. The van der Waals surface area contributed by atoms with Gasteiger partial charge in [-0.3, -0.25) is 4.79 Å². The maximum Gasteiger partial charge on any atom is 0.229 e. The van der Waals surface area contributed by atoms with E-state index in [1.54, 1.807) is 31.6 Å². The minimum Gasteiger partial charge on any atom is -0.495 e. The fraction of sp³-hybridized carbons (Fsp3) is 0.211. The average Bonchev–Trinajstić information content (AvgIpc) is 2.97. The Bertz CT molecular complexity index is 885. The van der Waals surface area contributed by atoms with Crippen molar-refractivity contribution < 1.29 is 13.9 Å². The van der Waals surface area contributed by atoms with Gasteiger partial charge >= 0.3 is 0 Å². The molecule has 0 aliphatic rings. The van der Waals surface area contributed by atoms with Crippen molar-refractivity contribution in [3.05, 3.63) is 58.8 Å². The van der Waals surface area contributed by atoms with Crippen LogP contribution in [0.3, 0.4) is 0 Å². The summed E-state index contributed by atoms with van der Waals surface area (Å²) in [4.78, 5) is 12.4. The number of amides is 1. The Kier molecular flexibility index (Phi) is 4.76. The highest BCUT2D eigenvalue weighted by atomic mass is 35.5. The molecule has 0 unspecified atom stereocenters. The van der Waals surface area contributed by atoms with Crippen molar-refractivity contribution in [3.63, 3.8) is 0 Å². The fourth-order valence-electron chi connectivity index (χ4n) is 2.63. The molecule has 1 aromatic heterocycles. The third-order valence-corrected chi connectivity index (χ3v) is 4.15. The van der Waals surface area contributed by atoms with E-state index < -0.39 is 0 Å². The van der Waals surface area contributed by atoms with E-state index in [-0.39, 0.29) is 12.3 Å². The predicted octanol–water partition coefficient (Wildman–Crippen LogP) is 4.84. The van der Waals surface area contributed by atoms with E-state index in [0.29, 0.717) is 16.5 Å². The van der Waals surface area contributed by atoms with Crippen LogP contribution in [0.15, 0.2) is 47.1 Å². The number of hydrogen-bond acceptors (Lipinski definition) is 3. The highest BCUT2D eigenvalue weighted by molar-refractivity contribution is 6.31. The van der Waals surface area contributed by atoms with Crippen molar-refractivity contribution in [1.29, 1.82) is 0 Å². The summed E-state index contributed by atoms with van der Waals surface area (Å²) in [6.07, 6.45) is 2.79. The second-order valence-electron chi connectivity index (χ2n) is 5.51. The van der Waals surface area contributed by atoms with Crippen LogP contribution in [0.1, 0.15) is 18.1 Å². The lowest BCUT2D eigenvalue weighted by Gasteiger charge is -2.10. The smallest absolute Gasteiger partial charge is 0.229 e. The van der Waals surface area contributed by atoms with Gasteiger partial charge in [0.05, 0.1) is 25.5 Å². The number of anilines is 1. The van der Waals surface area contributed by atoms with Gasteiger partial charge in [0, 0.05) is 16.0 Å². The average molecular weight is 344 g/mol. The standard InChI is InChI=1S/C19H18ClNO3/c1-3-12-4-6-17-15(8-12)13(11-24-17)9-19(22)21-16-10-14(20)5-7-18(16)23-2/h4-8,10-11H,3,9H2,1-2H3,(H,21,22). The molecule has 0 spiro atoms. The van der Waals surface area contributed by atoms with Crippen molar-refractivity contribution in [3.8, 4) is 5.75 Å². The summed E-state index contributed by atoms with van der Waals surface area (Å²) in [5, 5.41) is 4.35. The molecule has 1 amide bonds. The molecular formula is C19H18ClNO3. The molecule has 4 nitrogen and oxygen atoms in total. The van der Waals surface area contributed by atoms with Crippen molar-refractivity contribution in [2.24, 2.45) is 0 Å². The van der Waals surface area contributed by atoms with Crippen LogP contribution in [0.4, 0.5) is 5.69 Å². The third kappa shape index (κ3) is 3.39. The number of aryl methyl sites for hydroxylation is 1. The van der Waals surface area contributed by atoms with Gasteiger partial charge in [-0.15, -0.1) is 0 Å². The van der Waals surface area contributed by atoms with Gasteiger partial charge in [0.2, 0.25) is 5.91 Å². The molecule has 5 heteroatoms. The summed E-state index contributed by atoms with van der Waals surface area (Å²) in [5.41, 5.74) is 3.41. The SMILES string of the molecule is CCc1ccc2occ(CC(=O)Nc3cc(Cl)ccc3OC)c2c1. The van der Waals surface area contributed by atoms with Crippen LogP contribution in [-0.2, 0) is 17.6 Å². The Hall–Kier alpha value is -2.46. The first kappa shape index (κ1) is 16.4. The molecule has 3 aromatic rings. The Morgan fingerprint density at radius 3 is 2.83 bits per heavy atom. The summed E-state index contributed by atoms with van der Waals surface area (Å²) in [6, 6.07) is 11.1. The Morgan fingerprint density at radius 1 is 1.25 bits per heavy atom. The number of rotatable bonds is 5. The lowest BCUT2D eigenvalue weighted by atomic mass is 10.1. The summed E-state index contributed by atoms with van der Waals surface area (Å²) in [7, 11) is 1.55. The lowest BCUT2D eigenvalue weighted by Crippen LogP contribution is -2.14. The quantitative estimate of drug-likeness (QED) is 0.721. The number of halogens is 1. The van der Waals surface area contributed by atoms with E-state index in [9.17, 15) is 4.79 Å². The predicted molar refractivity (Wildman–Crippen MR) is 95.9 cm³/mol. The first-order valence-corrected chi connectivity index (χ1v) is 8.11. The molecule has 0 radical (unpaired) electrons. The number of ether oxygens (including phenoxy) is 1. The number of nitrogens with one attached hydrogen (secondary N) is 1. The Balaban J connectivity index is 1.81. The molecule has 0 bridgehead atoms. The second-order valence-corrected chi connectivity index (χ2v) is 5.95. The highest BCUT2D eigenvalue weighted by Gasteiger charge is 2.13. The number of fused-ring (bicyclic) bond motifs is 1. The number of benzene rings is 2. The molecule has 0 fully saturated rings. The van der Waals surface area contributed by atoms with E-state index in [1.165, 1.54) is 5.56 Å². The monoisotopic (exact) mass is 343 g/mol. The zero-order chi connectivity index (χ0) is 17.1. The Morgan fingerprint density at radius 2 is 2.08 bits per heavy atom. The highest BCUT2D eigenvalue weighted by Crippen LogP contribution is 2.28. The van der Waals surface area contributed by atoms with Crippen LogP contribution < -0.4 is 10.1 Å². The van der Waals surface area contributed by atoms with E-state index in [2.05, 4.69) is 18.3 Å². The number of carbonyl (C=O) groups is 1. The fourth-order valence-corrected chi connectivity index (χ4v) is 2.80. The molecule has 1 N–H and O–H groups in total. The molecule has 2 aromatic carbocycles. The van der Waals surface area contributed by atoms with Gasteiger partial charge in [-0.1, -0.05) is 24.6 Å². The van der Waals surface area contributed by atoms with Gasteiger partial charge in [-0.25, -0.2) is 0 Å². The van der Waals surface area contributed by atoms with Gasteiger partial charge < -0.3 is 14.5 Å². The molecule has 1 heterocycles. The van der Waals surface area contributed by atoms with E-state index in [4.69, 9.17) is 20.8 Å². The summed E-state index contributed by atoms with van der Waals surface area (Å²) in [5.74, 6) is 0.415. The zero-order valence-electron chi connectivity index (χ0n) is 13.6. The lowest BCUT2D eigenvalue weighted by molar-refractivity contribution is -0.115. The molecule has 0 aliphatic carbocycles. The zero-order valence-corrected chi connectivity index (χ0v) is 14.3. The number of carbonyl (C=O) groups excluding carboxylic acids is 1. The summed E-state index contributed by atoms with van der Waals surface area (Å²) in [6.45, 7) is 2.10. The molecule has 24 heavy (non-hydrogen) atoms. The van der Waals surface area contributed by atoms with Crippen LogP contribution in [0, 0.1) is 0 Å². The van der Waals surface area contributed by atoms with Crippen molar-refractivity contribution >= 4 is 34.2 Å². The van der Waals surface area contributed by atoms with Crippen LogP contribution >= 0.6 is 11.6 Å². The first-order valence-electron chi connectivity index (χ1n) is 7.73. The maximum atomic E-state index is 12.4. The van der Waals surface area contributed by atoms with Gasteiger partial charge in [-0.05, 0) is 42.3 Å². The van der Waals surface area contributed by atoms with E-state index in [0.717, 1.165) is 23.0 Å². The molecule has 0 atom stereocenters. The van der Waals surface area contributed by atoms with Crippen molar-refractivity contribution in [2.45, 2.75) is 19.8 Å². The molecule has 0 saturated carbocycles. The minimum atomic E-state index is -0.153. The van der Waals surface area contributed by atoms with E-state index in [1.807, 2.05) is 12.1 Å². The molecule has 0 saturated heterocycles. The molecule has 124 valence electrons. The number of furan rings is 1. The third-order valence-electron chi connectivity index (χ3n) is 3.91. The van der Waals surface area contributed by atoms with Gasteiger partial charge in [-0.2, -0.15) is 0 Å². The largest absolute Gasteiger partial charge is 0.495 e. The Labute approximate surface area is 145 Å². The van der Waals surface area contributed by atoms with Gasteiger partial charge in [0.1, 0.15) is 11.3 Å². The topological polar surface area (TPSA) is 51.5 Å². The van der Waals surface area contributed by atoms with Crippen LogP contribution in [-0.4, -0.2) is 13.0 Å². The minimum absolute atomic E-state index is 0.153. The first-order chi connectivity index (χ1) is 11.6. The van der Waals surface area contributed by atoms with Crippen molar-refractivity contribution in [2.75, 3.05) is 12.4 Å². The second kappa shape index (κ2) is 6.97. The van der Waals surface area contributed by atoms with E-state index >= 15 is 0 Å². The summed E-state index contributed by atoms with van der Waals surface area (Å²) < 4.78 is 10.8. The molecule has 0 aliphatic heterocycles. The van der Waals surface area contributed by atoms with Crippen LogP contribution in [0.5, 0.6) is 5.75 Å². The molecule has 3 rings (SSSR count). The summed E-state index contributed by atoms with van der Waals surface area (Å²) >= 11 is 5.99. The molecular weight excluding hydrogens is 326 g/mol. The number of hydrogen-bond donors (Lipinski definition) is 1. The maximum absolute atomic E-state index is 12.4. The van der Waals surface area contributed by atoms with Crippen molar-refractivity contribution in [1.82, 2.24) is 0 Å². The van der Waals surface area contributed by atoms with Gasteiger partial charge in [0.15, 0.2) is 0 Å². The number of methoxy groups -OCH3 is 1. The van der Waals surface area contributed by atoms with Crippen LogP contribution in [0.2, 0.25) is 5.02 Å². The van der Waals surface area contributed by atoms with Crippen LogP contribution in [0.25, 0.3) is 11.0 Å².